The Kier molecular flexibility index (Phi) is 3.58. The molecule has 1 aliphatic rings. The van der Waals surface area contributed by atoms with Crippen molar-refractivity contribution in [2.24, 2.45) is 5.92 Å². The van der Waals surface area contributed by atoms with Gasteiger partial charge in [0.15, 0.2) is 0 Å². The van der Waals surface area contributed by atoms with Crippen LogP contribution in [0.15, 0.2) is 0 Å². The van der Waals surface area contributed by atoms with Crippen molar-refractivity contribution in [2.45, 2.75) is 49.2 Å². The molecule has 5 heteroatoms. The highest BCUT2D eigenvalue weighted by Gasteiger charge is 2.54. The number of hydrogen-bond acceptors (Lipinski definition) is 1. The van der Waals surface area contributed by atoms with Crippen LogP contribution in [0.2, 0.25) is 0 Å². The van der Waals surface area contributed by atoms with Crippen molar-refractivity contribution in [2.75, 3.05) is 0 Å². The summed E-state index contributed by atoms with van der Waals surface area (Å²) < 4.78 is 13.9. The standard InChI is InChI=1S/C9H17Cl2NOS/c1-6(7-5-9(7,10)11)12-14(13)8(2,3)4/h6-7,12H,5H2,1-4H3/t6-,7+,14+/m1/s1. The number of hydrogen-bond donors (Lipinski definition) is 1. The molecule has 0 heterocycles. The Labute approximate surface area is 98.3 Å². The normalized spacial score (nSPS) is 29.7. The summed E-state index contributed by atoms with van der Waals surface area (Å²) in [6.45, 7) is 7.78. The van der Waals surface area contributed by atoms with E-state index in [0.29, 0.717) is 0 Å². The first-order valence-corrected chi connectivity index (χ1v) is 6.61. The Bertz CT molecular complexity index is 250. The summed E-state index contributed by atoms with van der Waals surface area (Å²) >= 11 is 11.9. The van der Waals surface area contributed by atoms with Gasteiger partial charge in [0, 0.05) is 12.0 Å². The first-order valence-electron chi connectivity index (χ1n) is 4.70. The third-order valence-electron chi connectivity index (χ3n) is 2.33. The molecule has 2 nitrogen and oxygen atoms in total. The second-order valence-corrected chi connectivity index (χ2v) is 8.40. The Morgan fingerprint density at radius 3 is 2.21 bits per heavy atom. The molecule has 0 aliphatic heterocycles. The molecule has 0 saturated heterocycles. The third kappa shape index (κ3) is 3.09. The molecular weight excluding hydrogens is 241 g/mol. The van der Waals surface area contributed by atoms with E-state index in [1.807, 2.05) is 27.7 Å². The molecule has 0 radical (unpaired) electrons. The largest absolute Gasteiger partial charge is 0.242 e. The van der Waals surface area contributed by atoms with Crippen LogP contribution >= 0.6 is 23.2 Å². The lowest BCUT2D eigenvalue weighted by Gasteiger charge is -2.22. The smallest absolute Gasteiger partial charge is 0.123 e. The van der Waals surface area contributed by atoms with Crippen LogP contribution in [0, 0.1) is 5.92 Å². The SMILES string of the molecule is C[C@@H](N[S@@](=O)C(C)(C)C)[C@@H]1CC1(Cl)Cl. The second-order valence-electron chi connectivity index (χ2n) is 4.86. The summed E-state index contributed by atoms with van der Waals surface area (Å²) in [7, 11) is -1.05. The zero-order valence-electron chi connectivity index (χ0n) is 8.93. The highest BCUT2D eigenvalue weighted by molar-refractivity contribution is 7.84. The molecule has 0 aromatic heterocycles. The van der Waals surface area contributed by atoms with Crippen molar-refractivity contribution in [1.29, 1.82) is 0 Å². The van der Waals surface area contributed by atoms with Gasteiger partial charge in [-0.15, -0.1) is 23.2 Å². The van der Waals surface area contributed by atoms with Gasteiger partial charge in [0.05, 0.1) is 15.7 Å². The summed E-state index contributed by atoms with van der Waals surface area (Å²) in [4.78, 5) is 0. The molecule has 1 saturated carbocycles. The fourth-order valence-corrected chi connectivity index (χ4v) is 2.77. The first kappa shape index (κ1) is 12.8. The molecule has 0 aromatic carbocycles. The van der Waals surface area contributed by atoms with Crippen molar-refractivity contribution in [3.8, 4) is 0 Å². The second kappa shape index (κ2) is 3.93. The molecule has 0 aromatic rings. The van der Waals surface area contributed by atoms with E-state index < -0.39 is 15.3 Å². The van der Waals surface area contributed by atoms with E-state index >= 15 is 0 Å². The van der Waals surface area contributed by atoms with E-state index in [4.69, 9.17) is 23.2 Å². The number of nitrogens with one attached hydrogen (secondary N) is 1. The molecule has 1 fully saturated rings. The van der Waals surface area contributed by atoms with Crippen molar-refractivity contribution in [3.63, 3.8) is 0 Å². The minimum Gasteiger partial charge on any atom is -0.242 e. The third-order valence-corrected chi connectivity index (χ3v) is 4.89. The molecule has 0 amide bonds. The maximum absolute atomic E-state index is 11.7. The van der Waals surface area contributed by atoms with Gasteiger partial charge in [-0.25, -0.2) is 8.93 Å². The van der Waals surface area contributed by atoms with Gasteiger partial charge in [-0.05, 0) is 34.1 Å². The van der Waals surface area contributed by atoms with Gasteiger partial charge in [0.25, 0.3) is 0 Å². The van der Waals surface area contributed by atoms with Crippen LogP contribution in [0.3, 0.4) is 0 Å². The van der Waals surface area contributed by atoms with Gasteiger partial charge in [0.2, 0.25) is 0 Å². The first-order chi connectivity index (χ1) is 6.14. The predicted octanol–water partition coefficient (Wildman–Crippen LogP) is 2.62. The Hall–Kier alpha value is 0.690. The van der Waals surface area contributed by atoms with Crippen molar-refractivity contribution >= 4 is 34.2 Å². The zero-order valence-corrected chi connectivity index (χ0v) is 11.3. The molecule has 0 bridgehead atoms. The van der Waals surface area contributed by atoms with Crippen LogP contribution in [0.25, 0.3) is 0 Å². The lowest BCUT2D eigenvalue weighted by molar-refractivity contribution is 0.565. The van der Waals surface area contributed by atoms with E-state index in [1.165, 1.54) is 0 Å². The predicted molar refractivity (Wildman–Crippen MR) is 63.0 cm³/mol. The molecule has 1 N–H and O–H groups in total. The average molecular weight is 258 g/mol. The fraction of sp³-hybridized carbons (Fsp3) is 1.00. The molecular formula is C9H17Cl2NOS. The van der Waals surface area contributed by atoms with Gasteiger partial charge in [0.1, 0.15) is 4.33 Å². The van der Waals surface area contributed by atoms with Crippen molar-refractivity contribution in [3.05, 3.63) is 0 Å². The van der Waals surface area contributed by atoms with Crippen molar-refractivity contribution in [1.82, 2.24) is 4.72 Å². The van der Waals surface area contributed by atoms with Crippen LogP contribution in [-0.4, -0.2) is 19.3 Å². The zero-order chi connectivity index (χ0) is 11.1. The highest BCUT2D eigenvalue weighted by atomic mass is 35.5. The number of rotatable bonds is 3. The van der Waals surface area contributed by atoms with Gasteiger partial charge in [-0.1, -0.05) is 0 Å². The summed E-state index contributed by atoms with van der Waals surface area (Å²) in [5.41, 5.74) is 0. The average Bonchev–Trinajstić information content (AvgIpc) is 2.57. The van der Waals surface area contributed by atoms with Gasteiger partial charge < -0.3 is 0 Å². The Morgan fingerprint density at radius 2 is 1.93 bits per heavy atom. The maximum Gasteiger partial charge on any atom is 0.123 e. The Balaban J connectivity index is 2.43. The summed E-state index contributed by atoms with van der Waals surface area (Å²) in [6.07, 6.45) is 0.783. The lowest BCUT2D eigenvalue weighted by atomic mass is 10.2. The number of alkyl halides is 2. The number of halogens is 2. The van der Waals surface area contributed by atoms with Gasteiger partial charge >= 0.3 is 0 Å². The van der Waals surface area contributed by atoms with E-state index in [9.17, 15) is 4.21 Å². The van der Waals surface area contributed by atoms with Crippen LogP contribution in [-0.2, 0) is 11.0 Å². The quantitative estimate of drug-likeness (QED) is 0.775. The molecule has 1 rings (SSSR count). The summed E-state index contributed by atoms with van der Waals surface area (Å²) in [5.74, 6) is 0.220. The minimum absolute atomic E-state index is 0.102. The van der Waals surface area contributed by atoms with E-state index in [-0.39, 0.29) is 16.7 Å². The molecule has 0 spiro atoms. The molecule has 84 valence electrons. The lowest BCUT2D eigenvalue weighted by Crippen LogP contribution is -2.40. The van der Waals surface area contributed by atoms with Crippen molar-refractivity contribution < 1.29 is 4.21 Å². The maximum atomic E-state index is 11.7. The molecule has 3 atom stereocenters. The molecule has 1 aliphatic carbocycles. The monoisotopic (exact) mass is 257 g/mol. The van der Waals surface area contributed by atoms with Crippen LogP contribution < -0.4 is 4.72 Å². The van der Waals surface area contributed by atoms with Crippen LogP contribution in [0.5, 0.6) is 0 Å². The molecule has 0 unspecified atom stereocenters. The van der Waals surface area contributed by atoms with Gasteiger partial charge in [-0.3, -0.25) is 0 Å². The summed E-state index contributed by atoms with van der Waals surface area (Å²) in [5, 5.41) is 0. The fourth-order valence-electron chi connectivity index (χ4n) is 1.20. The van der Waals surface area contributed by atoms with E-state index in [2.05, 4.69) is 4.72 Å². The van der Waals surface area contributed by atoms with E-state index in [0.717, 1.165) is 6.42 Å². The molecule has 14 heavy (non-hydrogen) atoms. The summed E-state index contributed by atoms with van der Waals surface area (Å²) in [6, 6.07) is 0.102. The van der Waals surface area contributed by atoms with Gasteiger partial charge in [-0.2, -0.15) is 0 Å². The Morgan fingerprint density at radius 1 is 1.50 bits per heavy atom. The highest BCUT2D eigenvalue weighted by Crippen LogP contribution is 2.54. The minimum atomic E-state index is -1.05. The van der Waals surface area contributed by atoms with E-state index in [1.54, 1.807) is 0 Å². The van der Waals surface area contributed by atoms with Crippen LogP contribution in [0.4, 0.5) is 0 Å². The van der Waals surface area contributed by atoms with Crippen LogP contribution in [0.1, 0.15) is 34.1 Å². The topological polar surface area (TPSA) is 29.1 Å².